The summed E-state index contributed by atoms with van der Waals surface area (Å²) in [5, 5.41) is 6.71. The lowest BCUT2D eigenvalue weighted by Crippen LogP contribution is -2.30. The quantitative estimate of drug-likeness (QED) is 0.430. The zero-order chi connectivity index (χ0) is 21.8. The maximum Gasteiger partial charge on any atom is 0.516 e. The SMILES string of the molecule is O=S(=O)(Nc1cc2ccccc2c2c1CNCc1ccc3ccccc3c1-2)C(F)(F)F. The molecule has 4 aromatic carbocycles. The van der Waals surface area contributed by atoms with Crippen LogP contribution in [0.25, 0.3) is 32.7 Å². The Kier molecular flexibility index (Phi) is 4.46. The first-order valence-electron chi connectivity index (χ1n) is 9.62. The van der Waals surface area contributed by atoms with Gasteiger partial charge in [-0.1, -0.05) is 60.7 Å². The fourth-order valence-electron chi connectivity index (χ4n) is 4.23. The van der Waals surface area contributed by atoms with Crippen LogP contribution in [0.5, 0.6) is 0 Å². The van der Waals surface area contributed by atoms with Crippen molar-refractivity contribution in [2.45, 2.75) is 18.6 Å². The van der Waals surface area contributed by atoms with Crippen LogP contribution in [0.3, 0.4) is 0 Å². The van der Waals surface area contributed by atoms with Gasteiger partial charge in [0.2, 0.25) is 0 Å². The van der Waals surface area contributed by atoms with Crippen LogP contribution in [-0.2, 0) is 23.1 Å². The molecule has 8 heteroatoms. The highest BCUT2D eigenvalue weighted by atomic mass is 32.2. The number of rotatable bonds is 2. The molecule has 158 valence electrons. The largest absolute Gasteiger partial charge is 0.516 e. The Morgan fingerprint density at radius 2 is 1.45 bits per heavy atom. The molecule has 0 fully saturated rings. The van der Waals surface area contributed by atoms with E-state index in [4.69, 9.17) is 0 Å². The average molecular weight is 442 g/mol. The van der Waals surface area contributed by atoms with E-state index < -0.39 is 15.5 Å². The third kappa shape index (κ3) is 3.23. The number of fused-ring (bicyclic) bond motifs is 7. The van der Waals surface area contributed by atoms with Gasteiger partial charge in [0.1, 0.15) is 0 Å². The number of benzene rings is 4. The molecule has 4 nitrogen and oxygen atoms in total. The molecule has 1 heterocycles. The fraction of sp³-hybridized carbons (Fsp3) is 0.130. The Balaban J connectivity index is 1.89. The second-order valence-corrected chi connectivity index (χ2v) is 9.15. The normalized spacial score (nSPS) is 14.2. The number of sulfonamides is 1. The van der Waals surface area contributed by atoms with E-state index >= 15 is 0 Å². The lowest BCUT2D eigenvalue weighted by Gasteiger charge is -2.20. The Bertz CT molecular complexity index is 1450. The Hall–Kier alpha value is -3.10. The van der Waals surface area contributed by atoms with Gasteiger partial charge in [-0.3, -0.25) is 4.72 Å². The molecular formula is C23H17F3N2O2S. The van der Waals surface area contributed by atoms with E-state index in [1.807, 2.05) is 48.5 Å². The molecule has 0 unspecified atom stereocenters. The first-order valence-corrected chi connectivity index (χ1v) is 11.1. The van der Waals surface area contributed by atoms with E-state index in [1.54, 1.807) is 16.9 Å². The minimum Gasteiger partial charge on any atom is -0.308 e. The number of anilines is 1. The van der Waals surface area contributed by atoms with Crippen molar-refractivity contribution in [2.24, 2.45) is 0 Å². The Morgan fingerprint density at radius 3 is 2.16 bits per heavy atom. The second-order valence-electron chi connectivity index (χ2n) is 7.47. The molecule has 0 spiro atoms. The maximum atomic E-state index is 13.1. The van der Waals surface area contributed by atoms with Crippen LogP contribution in [0, 0.1) is 0 Å². The van der Waals surface area contributed by atoms with Crippen molar-refractivity contribution in [3.05, 3.63) is 77.9 Å². The van der Waals surface area contributed by atoms with E-state index in [0.717, 1.165) is 32.8 Å². The minimum absolute atomic E-state index is 0.0701. The second kappa shape index (κ2) is 6.96. The molecule has 0 aliphatic carbocycles. The van der Waals surface area contributed by atoms with E-state index in [9.17, 15) is 21.6 Å². The molecule has 0 radical (unpaired) electrons. The summed E-state index contributed by atoms with van der Waals surface area (Å²) in [4.78, 5) is 0. The zero-order valence-electron chi connectivity index (χ0n) is 16.1. The number of hydrogen-bond donors (Lipinski definition) is 2. The Morgan fingerprint density at radius 1 is 0.806 bits per heavy atom. The Labute approximate surface area is 176 Å². The fourth-order valence-corrected chi connectivity index (χ4v) is 4.82. The van der Waals surface area contributed by atoms with Gasteiger partial charge in [-0.05, 0) is 49.9 Å². The molecule has 0 saturated carbocycles. The van der Waals surface area contributed by atoms with Crippen LogP contribution in [0.15, 0.2) is 66.7 Å². The molecule has 1 aliphatic rings. The van der Waals surface area contributed by atoms with Crippen molar-refractivity contribution in [3.8, 4) is 11.1 Å². The van der Waals surface area contributed by atoms with E-state index in [2.05, 4.69) is 5.32 Å². The molecule has 5 rings (SSSR count). The van der Waals surface area contributed by atoms with Crippen LogP contribution in [0.2, 0.25) is 0 Å². The van der Waals surface area contributed by atoms with E-state index in [-0.39, 0.29) is 12.2 Å². The van der Waals surface area contributed by atoms with Gasteiger partial charge in [-0.15, -0.1) is 0 Å². The lowest BCUT2D eigenvalue weighted by atomic mass is 9.87. The number of hydrogen-bond acceptors (Lipinski definition) is 3. The molecule has 1 aliphatic heterocycles. The highest BCUT2D eigenvalue weighted by molar-refractivity contribution is 7.93. The van der Waals surface area contributed by atoms with Gasteiger partial charge in [0.15, 0.2) is 0 Å². The summed E-state index contributed by atoms with van der Waals surface area (Å²) in [6, 6.07) is 20.6. The molecule has 0 bridgehead atoms. The third-order valence-corrected chi connectivity index (χ3v) is 6.69. The van der Waals surface area contributed by atoms with Gasteiger partial charge in [0.05, 0.1) is 5.69 Å². The highest BCUT2D eigenvalue weighted by Crippen LogP contribution is 2.44. The molecule has 2 N–H and O–H groups in total. The molecule has 0 aromatic heterocycles. The minimum atomic E-state index is -5.56. The van der Waals surface area contributed by atoms with Crippen molar-refractivity contribution < 1.29 is 21.6 Å². The van der Waals surface area contributed by atoms with Gasteiger partial charge in [0, 0.05) is 13.1 Å². The molecular weight excluding hydrogens is 425 g/mol. The molecule has 0 amide bonds. The van der Waals surface area contributed by atoms with Crippen molar-refractivity contribution in [2.75, 3.05) is 4.72 Å². The molecule has 0 atom stereocenters. The van der Waals surface area contributed by atoms with Gasteiger partial charge >= 0.3 is 15.5 Å². The van der Waals surface area contributed by atoms with Crippen LogP contribution in [-0.4, -0.2) is 13.9 Å². The van der Waals surface area contributed by atoms with Gasteiger partial charge in [-0.25, -0.2) is 0 Å². The predicted molar refractivity (Wildman–Crippen MR) is 116 cm³/mol. The van der Waals surface area contributed by atoms with Gasteiger partial charge in [-0.2, -0.15) is 21.6 Å². The van der Waals surface area contributed by atoms with Crippen molar-refractivity contribution in [1.29, 1.82) is 0 Å². The van der Waals surface area contributed by atoms with E-state index in [0.29, 0.717) is 17.5 Å². The lowest BCUT2D eigenvalue weighted by molar-refractivity contribution is -0.0429. The molecule has 4 aromatic rings. The summed E-state index contributed by atoms with van der Waals surface area (Å²) in [5.74, 6) is 0. The average Bonchev–Trinajstić information content (AvgIpc) is 2.93. The van der Waals surface area contributed by atoms with E-state index in [1.165, 1.54) is 6.07 Å². The first kappa shape index (κ1) is 19.8. The summed E-state index contributed by atoms with van der Waals surface area (Å²) in [7, 11) is -5.56. The number of alkyl halides is 3. The zero-order valence-corrected chi connectivity index (χ0v) is 16.9. The number of halogens is 3. The van der Waals surface area contributed by atoms with Crippen molar-refractivity contribution in [1.82, 2.24) is 5.32 Å². The van der Waals surface area contributed by atoms with Crippen LogP contribution >= 0.6 is 0 Å². The predicted octanol–water partition coefficient (Wildman–Crippen LogP) is 5.52. The van der Waals surface area contributed by atoms with Crippen LogP contribution < -0.4 is 10.0 Å². The molecule has 0 saturated heterocycles. The monoisotopic (exact) mass is 442 g/mol. The van der Waals surface area contributed by atoms with Gasteiger partial charge in [0.25, 0.3) is 0 Å². The topological polar surface area (TPSA) is 58.2 Å². The standard InChI is InChI=1S/C23H17F3N2O2S/c24-23(25,26)31(29,30)28-20-11-15-6-2-4-8-18(15)22-19(20)13-27-12-16-10-9-14-5-1-3-7-17(14)21(16)22/h1-11,27-28H,12-13H2. The third-order valence-electron chi connectivity index (χ3n) is 5.59. The summed E-state index contributed by atoms with van der Waals surface area (Å²) in [5.41, 5.74) is -2.34. The highest BCUT2D eigenvalue weighted by Gasteiger charge is 2.46. The van der Waals surface area contributed by atoms with Crippen LogP contribution in [0.4, 0.5) is 18.9 Å². The van der Waals surface area contributed by atoms with Crippen molar-refractivity contribution >= 4 is 37.3 Å². The summed E-state index contributed by atoms with van der Waals surface area (Å²) in [6.07, 6.45) is 0. The molecule has 31 heavy (non-hydrogen) atoms. The first-order chi connectivity index (χ1) is 14.8. The smallest absolute Gasteiger partial charge is 0.308 e. The summed E-state index contributed by atoms with van der Waals surface area (Å²) < 4.78 is 65.0. The van der Waals surface area contributed by atoms with Gasteiger partial charge < -0.3 is 5.32 Å². The maximum absolute atomic E-state index is 13.1. The summed E-state index contributed by atoms with van der Waals surface area (Å²) in [6.45, 7) is 0.730. The van der Waals surface area contributed by atoms with Crippen LogP contribution in [0.1, 0.15) is 11.1 Å². The van der Waals surface area contributed by atoms with Crippen molar-refractivity contribution in [3.63, 3.8) is 0 Å². The summed E-state index contributed by atoms with van der Waals surface area (Å²) >= 11 is 0. The number of nitrogens with one attached hydrogen (secondary N) is 2.